The van der Waals surface area contributed by atoms with Crippen LogP contribution >= 0.6 is 0 Å². The van der Waals surface area contributed by atoms with E-state index in [0.717, 1.165) is 12.0 Å². The predicted octanol–water partition coefficient (Wildman–Crippen LogP) is 1.88. The van der Waals surface area contributed by atoms with Crippen molar-refractivity contribution in [3.8, 4) is 11.4 Å². The number of ether oxygens (including phenoxy) is 1. The average molecular weight is 259 g/mol. The number of nitrogens with two attached hydrogens (primary N) is 1. The minimum atomic E-state index is 0.000415. The third-order valence-electron chi connectivity index (χ3n) is 3.48. The lowest BCUT2D eigenvalue weighted by Gasteiger charge is -2.25. The summed E-state index contributed by atoms with van der Waals surface area (Å²) in [6, 6.07) is 8.06. The normalized spacial score (nSPS) is 23.5. The molecule has 1 aliphatic heterocycles. The van der Waals surface area contributed by atoms with Gasteiger partial charge in [-0.25, -0.2) is 0 Å². The minimum Gasteiger partial charge on any atom is -0.381 e. The van der Waals surface area contributed by atoms with Gasteiger partial charge in [0.25, 0.3) is 0 Å². The van der Waals surface area contributed by atoms with Gasteiger partial charge in [0.2, 0.25) is 11.7 Å². The zero-order valence-electron chi connectivity index (χ0n) is 10.9. The quantitative estimate of drug-likeness (QED) is 0.891. The highest BCUT2D eigenvalue weighted by molar-refractivity contribution is 5.54. The molecule has 0 amide bonds. The number of benzene rings is 1. The van der Waals surface area contributed by atoms with Crippen LogP contribution < -0.4 is 5.73 Å². The molecule has 0 saturated carbocycles. The number of hydrogen-bond acceptors (Lipinski definition) is 5. The van der Waals surface area contributed by atoms with Gasteiger partial charge in [-0.05, 0) is 13.3 Å². The van der Waals surface area contributed by atoms with Crippen molar-refractivity contribution in [2.24, 2.45) is 5.73 Å². The van der Waals surface area contributed by atoms with Crippen molar-refractivity contribution in [3.05, 3.63) is 35.7 Å². The minimum absolute atomic E-state index is 0.000415. The summed E-state index contributed by atoms with van der Waals surface area (Å²) in [5.74, 6) is 1.18. The van der Waals surface area contributed by atoms with E-state index in [9.17, 15) is 0 Å². The van der Waals surface area contributed by atoms with E-state index in [0.29, 0.717) is 24.9 Å². The van der Waals surface area contributed by atoms with E-state index in [-0.39, 0.29) is 12.0 Å². The molecule has 0 spiro atoms. The van der Waals surface area contributed by atoms with Crippen molar-refractivity contribution in [2.45, 2.75) is 25.3 Å². The molecule has 1 aromatic carbocycles. The summed E-state index contributed by atoms with van der Waals surface area (Å²) in [6.45, 7) is 3.30. The molecule has 2 atom stereocenters. The zero-order valence-corrected chi connectivity index (χ0v) is 10.9. The first kappa shape index (κ1) is 12.3. The summed E-state index contributed by atoms with van der Waals surface area (Å²) in [4.78, 5) is 4.45. The van der Waals surface area contributed by atoms with E-state index in [1.165, 1.54) is 5.56 Å². The lowest BCUT2D eigenvalue weighted by atomic mass is 9.97. The Morgan fingerprint density at radius 3 is 2.79 bits per heavy atom. The van der Waals surface area contributed by atoms with Gasteiger partial charge in [-0.1, -0.05) is 35.0 Å². The second kappa shape index (κ2) is 5.11. The van der Waals surface area contributed by atoms with Crippen LogP contribution in [0.15, 0.2) is 28.8 Å². The first-order chi connectivity index (χ1) is 9.24. The number of hydrogen-bond donors (Lipinski definition) is 1. The molecule has 5 heteroatoms. The highest BCUT2D eigenvalue weighted by Crippen LogP contribution is 2.25. The first-order valence-electron chi connectivity index (χ1n) is 6.48. The Labute approximate surface area is 111 Å². The third-order valence-corrected chi connectivity index (χ3v) is 3.48. The van der Waals surface area contributed by atoms with Gasteiger partial charge in [0.05, 0.1) is 12.5 Å². The molecule has 0 aliphatic carbocycles. The smallest absolute Gasteiger partial charge is 0.233 e. The van der Waals surface area contributed by atoms with Crippen LogP contribution in [-0.2, 0) is 4.74 Å². The van der Waals surface area contributed by atoms with Gasteiger partial charge in [-0.2, -0.15) is 4.98 Å². The van der Waals surface area contributed by atoms with E-state index in [1.54, 1.807) is 0 Å². The van der Waals surface area contributed by atoms with Crippen LogP contribution in [0.5, 0.6) is 0 Å². The molecule has 2 aromatic rings. The fourth-order valence-corrected chi connectivity index (χ4v) is 2.21. The summed E-state index contributed by atoms with van der Waals surface area (Å²) >= 11 is 0. The fourth-order valence-electron chi connectivity index (χ4n) is 2.21. The second-order valence-corrected chi connectivity index (χ2v) is 4.96. The molecule has 100 valence electrons. The average Bonchev–Trinajstić information content (AvgIpc) is 2.89. The molecule has 1 aliphatic rings. The lowest BCUT2D eigenvalue weighted by Crippen LogP contribution is -2.37. The Morgan fingerprint density at radius 2 is 2.05 bits per heavy atom. The van der Waals surface area contributed by atoms with Gasteiger partial charge >= 0.3 is 0 Å². The Kier molecular flexibility index (Phi) is 3.31. The molecule has 0 bridgehead atoms. The van der Waals surface area contributed by atoms with Crippen molar-refractivity contribution in [3.63, 3.8) is 0 Å². The highest BCUT2D eigenvalue weighted by atomic mass is 16.5. The molecule has 2 N–H and O–H groups in total. The molecule has 1 fully saturated rings. The number of rotatable bonds is 2. The third kappa shape index (κ3) is 2.52. The van der Waals surface area contributed by atoms with Gasteiger partial charge in [-0.15, -0.1) is 0 Å². The van der Waals surface area contributed by atoms with Crippen molar-refractivity contribution in [1.82, 2.24) is 10.1 Å². The van der Waals surface area contributed by atoms with Gasteiger partial charge in [0, 0.05) is 18.2 Å². The molecule has 19 heavy (non-hydrogen) atoms. The highest BCUT2D eigenvalue weighted by Gasteiger charge is 2.29. The largest absolute Gasteiger partial charge is 0.381 e. The van der Waals surface area contributed by atoms with Gasteiger partial charge in [0.1, 0.15) is 0 Å². The first-order valence-corrected chi connectivity index (χ1v) is 6.48. The zero-order chi connectivity index (χ0) is 13.2. The summed E-state index contributed by atoms with van der Waals surface area (Å²) in [5.41, 5.74) is 8.22. The SMILES string of the molecule is Cc1ccc(-c2noc(C3COCCC3N)n2)cc1. The van der Waals surface area contributed by atoms with Crippen LogP contribution in [0.25, 0.3) is 11.4 Å². The molecule has 1 aromatic heterocycles. The van der Waals surface area contributed by atoms with Crippen LogP contribution in [0.4, 0.5) is 0 Å². The van der Waals surface area contributed by atoms with Crippen molar-refractivity contribution < 1.29 is 9.26 Å². The summed E-state index contributed by atoms with van der Waals surface area (Å²) < 4.78 is 10.8. The standard InChI is InChI=1S/C14H17N3O2/c1-9-2-4-10(5-3-9)13-16-14(19-17-13)11-8-18-7-6-12(11)15/h2-5,11-12H,6-8,15H2,1H3. The van der Waals surface area contributed by atoms with E-state index < -0.39 is 0 Å². The van der Waals surface area contributed by atoms with E-state index in [2.05, 4.69) is 10.1 Å². The van der Waals surface area contributed by atoms with Crippen LogP contribution in [0, 0.1) is 6.92 Å². The van der Waals surface area contributed by atoms with Crippen molar-refractivity contribution in [2.75, 3.05) is 13.2 Å². The van der Waals surface area contributed by atoms with E-state index in [1.807, 2.05) is 31.2 Å². The summed E-state index contributed by atoms with van der Waals surface area (Å²) in [6.07, 6.45) is 0.826. The maximum Gasteiger partial charge on any atom is 0.233 e. The summed E-state index contributed by atoms with van der Waals surface area (Å²) in [5, 5.41) is 4.03. The number of nitrogens with zero attached hydrogens (tertiary/aromatic N) is 2. The number of aromatic nitrogens is 2. The molecule has 1 saturated heterocycles. The Bertz CT molecular complexity index is 550. The Balaban J connectivity index is 1.84. The van der Waals surface area contributed by atoms with Gasteiger partial charge in [0.15, 0.2) is 0 Å². The Morgan fingerprint density at radius 1 is 1.26 bits per heavy atom. The topological polar surface area (TPSA) is 74.2 Å². The molecule has 3 rings (SSSR count). The summed E-state index contributed by atoms with van der Waals surface area (Å²) in [7, 11) is 0. The van der Waals surface area contributed by atoms with Crippen LogP contribution in [0.3, 0.4) is 0 Å². The van der Waals surface area contributed by atoms with Crippen molar-refractivity contribution >= 4 is 0 Å². The lowest BCUT2D eigenvalue weighted by molar-refractivity contribution is 0.0590. The number of aryl methyl sites for hydroxylation is 1. The molecule has 2 heterocycles. The molecule has 0 radical (unpaired) electrons. The van der Waals surface area contributed by atoms with E-state index in [4.69, 9.17) is 15.0 Å². The van der Waals surface area contributed by atoms with E-state index >= 15 is 0 Å². The maximum absolute atomic E-state index is 6.07. The van der Waals surface area contributed by atoms with Gasteiger partial charge < -0.3 is 15.0 Å². The predicted molar refractivity (Wildman–Crippen MR) is 70.6 cm³/mol. The Hall–Kier alpha value is -1.72. The fraction of sp³-hybridized carbons (Fsp3) is 0.429. The molecular formula is C14H17N3O2. The van der Waals surface area contributed by atoms with Crippen LogP contribution in [0.2, 0.25) is 0 Å². The molecule has 2 unspecified atom stereocenters. The van der Waals surface area contributed by atoms with Crippen molar-refractivity contribution in [1.29, 1.82) is 0 Å². The van der Waals surface area contributed by atoms with Crippen LogP contribution in [0.1, 0.15) is 23.8 Å². The molecule has 5 nitrogen and oxygen atoms in total. The van der Waals surface area contributed by atoms with Gasteiger partial charge in [-0.3, -0.25) is 0 Å². The maximum atomic E-state index is 6.07. The molecular weight excluding hydrogens is 242 g/mol. The van der Waals surface area contributed by atoms with Crippen LogP contribution in [-0.4, -0.2) is 29.4 Å². The monoisotopic (exact) mass is 259 g/mol. The second-order valence-electron chi connectivity index (χ2n) is 4.96.